The lowest BCUT2D eigenvalue weighted by molar-refractivity contribution is -0.150. The first-order chi connectivity index (χ1) is 33.4. The van der Waals surface area contributed by atoms with Crippen molar-refractivity contribution in [2.45, 2.75) is 119 Å². The molecule has 5 aromatic rings. The molecule has 3 saturated heterocycles. The normalized spacial score (nSPS) is 27.1. The van der Waals surface area contributed by atoms with Crippen molar-refractivity contribution in [1.29, 1.82) is 0 Å². The molecule has 0 bridgehead atoms. The fourth-order valence-corrected chi connectivity index (χ4v) is 11.1. The van der Waals surface area contributed by atoms with Gasteiger partial charge >= 0.3 is 0 Å². The summed E-state index contributed by atoms with van der Waals surface area (Å²) in [5.41, 5.74) is 21.8. The van der Waals surface area contributed by atoms with Crippen LogP contribution in [-0.2, 0) is 48.0 Å². The van der Waals surface area contributed by atoms with Gasteiger partial charge in [-0.1, -0.05) is 79.6 Å². The van der Waals surface area contributed by atoms with Crippen LogP contribution in [0.4, 0.5) is 0 Å². The average molecular weight is 939 g/mol. The van der Waals surface area contributed by atoms with Crippen LogP contribution in [0.15, 0.2) is 96.2 Å². The minimum Gasteiger partial charge on any atom is -0.370 e. The minimum atomic E-state index is -1.26. The minimum absolute atomic E-state index is 0.0103. The van der Waals surface area contributed by atoms with Gasteiger partial charge in [-0.3, -0.25) is 33.8 Å². The molecule has 4 aliphatic rings. The molecule has 4 fully saturated rings. The summed E-state index contributed by atoms with van der Waals surface area (Å²) in [5, 5.41) is 13.7. The molecule has 18 nitrogen and oxygen atoms in total. The van der Waals surface area contributed by atoms with Crippen molar-refractivity contribution >= 4 is 63.2 Å². The highest BCUT2D eigenvalue weighted by atomic mass is 16.2. The summed E-state index contributed by atoms with van der Waals surface area (Å²) in [7, 11) is 0. The van der Waals surface area contributed by atoms with Gasteiger partial charge in [0, 0.05) is 78.6 Å². The maximum Gasteiger partial charge on any atom is 0.246 e. The smallest absolute Gasteiger partial charge is 0.246 e. The van der Waals surface area contributed by atoms with Gasteiger partial charge in [-0.2, -0.15) is 0 Å². The van der Waals surface area contributed by atoms with Crippen LogP contribution >= 0.6 is 0 Å². The second-order valence-corrected chi connectivity index (χ2v) is 19.1. The molecule has 9 rings (SSSR count). The molecule has 0 radical (unpaired) electrons. The Hall–Kier alpha value is -7.21. The van der Waals surface area contributed by atoms with Crippen LogP contribution in [0.25, 0.3) is 21.8 Å². The summed E-state index contributed by atoms with van der Waals surface area (Å²) < 4.78 is 0. The van der Waals surface area contributed by atoms with Crippen LogP contribution in [0.3, 0.4) is 0 Å². The third-order valence-corrected chi connectivity index (χ3v) is 14.5. The summed E-state index contributed by atoms with van der Waals surface area (Å²) in [6, 6.07) is 16.8. The second kappa shape index (κ2) is 20.6. The van der Waals surface area contributed by atoms with Gasteiger partial charge in [-0.05, 0) is 73.3 Å². The van der Waals surface area contributed by atoms with E-state index in [1.165, 1.54) is 4.90 Å². The lowest BCUT2D eigenvalue weighted by Crippen LogP contribution is -2.62. The van der Waals surface area contributed by atoms with Crippen LogP contribution in [0, 0.1) is 5.92 Å². The lowest BCUT2D eigenvalue weighted by Gasteiger charge is -2.38. The second-order valence-electron chi connectivity index (χ2n) is 19.1. The van der Waals surface area contributed by atoms with Gasteiger partial charge in [0.2, 0.25) is 35.4 Å². The molecule has 362 valence electrons. The van der Waals surface area contributed by atoms with Crippen molar-refractivity contribution in [3.05, 3.63) is 108 Å². The molecule has 1 aliphatic carbocycles. The van der Waals surface area contributed by atoms with Gasteiger partial charge in [-0.15, -0.1) is 0 Å². The summed E-state index contributed by atoms with van der Waals surface area (Å²) in [4.78, 5) is 104. The van der Waals surface area contributed by atoms with Crippen molar-refractivity contribution in [3.8, 4) is 0 Å². The molecular formula is C51H62N12O6. The van der Waals surface area contributed by atoms with E-state index in [9.17, 15) is 19.2 Å². The molecule has 0 unspecified atom stereocenters. The Morgan fingerprint density at radius 2 is 1.16 bits per heavy atom. The molecule has 3 aliphatic heterocycles. The molecule has 9 atom stereocenters. The Balaban J connectivity index is 1.13. The third-order valence-electron chi connectivity index (χ3n) is 14.5. The molecule has 0 spiro atoms. The predicted molar refractivity (Wildman–Crippen MR) is 261 cm³/mol. The largest absolute Gasteiger partial charge is 0.370 e. The summed E-state index contributed by atoms with van der Waals surface area (Å²) in [6.07, 6.45) is 7.94. The monoisotopic (exact) mass is 938 g/mol. The molecule has 5 heterocycles. The Bertz CT molecular complexity index is 2730. The van der Waals surface area contributed by atoms with Crippen LogP contribution in [0.1, 0.15) is 68.1 Å². The molecule has 18 heteroatoms. The number of aromatic nitrogens is 2. The number of nitrogens with one attached hydrogen (secondary N) is 6. The van der Waals surface area contributed by atoms with Crippen LogP contribution in [-0.4, -0.2) is 123 Å². The van der Waals surface area contributed by atoms with E-state index in [0.717, 1.165) is 57.8 Å². The number of aromatic amines is 2. The Morgan fingerprint density at radius 3 is 1.78 bits per heavy atom. The number of carbonyl (C=O) groups is 6. The number of H-pyrrole nitrogens is 2. The fourth-order valence-electron chi connectivity index (χ4n) is 11.1. The van der Waals surface area contributed by atoms with E-state index >= 15 is 9.59 Å². The first kappa shape index (κ1) is 46.9. The number of aliphatic imine (C=N–C) groups is 1. The van der Waals surface area contributed by atoms with Crippen molar-refractivity contribution in [2.24, 2.45) is 28.1 Å². The van der Waals surface area contributed by atoms with Gasteiger partial charge in [0.1, 0.15) is 36.3 Å². The number of hydrogen-bond donors (Lipinski definition) is 9. The maximum atomic E-state index is 15.3. The summed E-state index contributed by atoms with van der Waals surface area (Å²) in [5.74, 6) is -3.41. The Labute approximate surface area is 399 Å². The van der Waals surface area contributed by atoms with E-state index in [2.05, 4.69) is 36.2 Å². The number of rotatable bonds is 10. The third kappa shape index (κ3) is 10.3. The highest BCUT2D eigenvalue weighted by Gasteiger charge is 2.52. The van der Waals surface area contributed by atoms with E-state index in [0.29, 0.717) is 12.8 Å². The van der Waals surface area contributed by atoms with Crippen molar-refractivity contribution in [3.63, 3.8) is 0 Å². The van der Waals surface area contributed by atoms with Crippen molar-refractivity contribution in [1.82, 2.24) is 41.0 Å². The molecule has 69 heavy (non-hydrogen) atoms. The number of hydrogen-bond acceptors (Lipinski definition) is 8. The van der Waals surface area contributed by atoms with Crippen LogP contribution in [0.5, 0.6) is 0 Å². The van der Waals surface area contributed by atoms with Gasteiger partial charge in [0.25, 0.3) is 0 Å². The number of carbonyl (C=O) groups excluding carboxylic acids is 6. The van der Waals surface area contributed by atoms with Gasteiger partial charge in [0.05, 0.1) is 0 Å². The Kier molecular flexibility index (Phi) is 14.0. The number of amides is 6. The first-order valence-corrected chi connectivity index (χ1v) is 24.2. The van der Waals surface area contributed by atoms with Crippen LogP contribution in [0.2, 0.25) is 0 Å². The maximum absolute atomic E-state index is 15.3. The zero-order valence-electron chi connectivity index (χ0n) is 38.6. The van der Waals surface area contributed by atoms with Crippen molar-refractivity contribution in [2.75, 3.05) is 13.1 Å². The number of para-hydroxylation sites is 2. The number of guanidine groups is 1. The number of nitrogens with zero attached hydrogens (tertiary/aromatic N) is 3. The fraction of sp³-hybridized carbons (Fsp3) is 0.431. The molecule has 1 saturated carbocycles. The lowest BCUT2D eigenvalue weighted by atomic mass is 9.84. The number of nitrogens with two attached hydrogens (primary N) is 3. The van der Waals surface area contributed by atoms with E-state index in [1.54, 1.807) is 17.3 Å². The zero-order chi connectivity index (χ0) is 48.2. The quantitative estimate of drug-likeness (QED) is 0.0560. The van der Waals surface area contributed by atoms with E-state index in [4.69, 9.17) is 17.2 Å². The summed E-state index contributed by atoms with van der Waals surface area (Å²) in [6.45, 7) is 0.201. The molecule has 2 aromatic heterocycles. The van der Waals surface area contributed by atoms with Crippen LogP contribution < -0.4 is 38.5 Å². The molecular weight excluding hydrogens is 877 g/mol. The van der Waals surface area contributed by atoms with E-state index in [-0.39, 0.29) is 75.4 Å². The highest BCUT2D eigenvalue weighted by Crippen LogP contribution is 2.41. The SMILES string of the molecule is NC(N)=NCCC[C@@H]1NC(=O)[C@H](Cc2c[nH]c3ccccc23)NC(=O)[C@@H](Cc2ccccc2)NC(=O)[C@H](Cc2c[nH]c3ccccc23)NC(=O)[C@@H]2C[C@@H]3CCCC[C@@H]3N2C(=O)[C@H]2C[C@H](N)CN2C1=O. The first-order valence-electron chi connectivity index (χ1n) is 24.2. The molecule has 12 N–H and O–H groups in total. The molecule has 6 amide bonds. The van der Waals surface area contributed by atoms with E-state index in [1.807, 2.05) is 78.9 Å². The van der Waals surface area contributed by atoms with Gasteiger partial charge < -0.3 is 58.2 Å². The number of benzene rings is 3. The molecule has 3 aromatic carbocycles. The van der Waals surface area contributed by atoms with Gasteiger partial charge in [-0.25, -0.2) is 0 Å². The van der Waals surface area contributed by atoms with Gasteiger partial charge in [0.15, 0.2) is 5.96 Å². The zero-order valence-corrected chi connectivity index (χ0v) is 38.6. The topological polar surface area (TPSA) is 279 Å². The van der Waals surface area contributed by atoms with E-state index < -0.39 is 71.8 Å². The van der Waals surface area contributed by atoms with Crippen molar-refractivity contribution < 1.29 is 28.8 Å². The predicted octanol–water partition coefficient (Wildman–Crippen LogP) is 1.77. The summed E-state index contributed by atoms with van der Waals surface area (Å²) >= 11 is 0. The highest BCUT2D eigenvalue weighted by molar-refractivity contribution is 5.99. The average Bonchev–Trinajstić information content (AvgIpc) is 4.15. The Morgan fingerprint density at radius 1 is 0.609 bits per heavy atom. The number of fused-ring (bicyclic) bond motifs is 6. The standard InChI is InChI=1S/C51H62N12O6/c52-33-25-44-50(69)63-42-19-9-4-13-30(42)24-43(63)48(67)61-41(23-32-27-57-37-17-8-6-15-35(32)37)47(66)59-39(21-29-11-2-1-3-12-29)45(64)60-40(22-31-26-56-36-16-7-5-14-34(31)36)46(65)58-38(49(68)62(44)28-33)18-10-20-55-51(53)54/h1-3,5-8,11-12,14-17,26-27,30,33,38-44,56-57H,4,9-10,13,18-25,28,52H2,(H,58,65)(H,59,66)(H,60,64)(H,61,67)(H4,53,54,55)/t30-,33-,38-,39+,40-,41-,42-,43-,44+/m0/s1.